The van der Waals surface area contributed by atoms with Gasteiger partial charge in [-0.3, -0.25) is 4.79 Å². The van der Waals surface area contributed by atoms with Crippen LogP contribution >= 0.6 is 23.4 Å². The number of hydrogen-bond donors (Lipinski definition) is 1. The Morgan fingerprint density at radius 3 is 2.53 bits per heavy atom. The Balaban J connectivity index is 1.76. The van der Waals surface area contributed by atoms with E-state index in [0.717, 1.165) is 29.9 Å². The fourth-order valence-electron chi connectivity index (χ4n) is 4.40. The second-order valence-corrected chi connectivity index (χ2v) is 10.5. The number of amides is 1. The first-order valence-corrected chi connectivity index (χ1v) is 12.4. The number of ether oxygens (including phenoxy) is 2. The van der Waals surface area contributed by atoms with Gasteiger partial charge in [-0.05, 0) is 55.7 Å². The zero-order valence-corrected chi connectivity index (χ0v) is 21.1. The van der Waals surface area contributed by atoms with Crippen molar-refractivity contribution >= 4 is 35.0 Å². The van der Waals surface area contributed by atoms with Crippen molar-refractivity contribution in [3.8, 4) is 0 Å². The third-order valence-corrected chi connectivity index (χ3v) is 8.48. The average molecular weight is 516 g/mol. The van der Waals surface area contributed by atoms with Crippen molar-refractivity contribution in [2.75, 3.05) is 19.2 Å². The minimum absolute atomic E-state index is 0.0506. The molecule has 0 aromatic heterocycles. The maximum atomic E-state index is 13.5. The molecule has 0 spiro atoms. The highest BCUT2D eigenvalue weighted by atomic mass is 35.5. The summed E-state index contributed by atoms with van der Waals surface area (Å²) in [6.45, 7) is 6.76. The maximum Gasteiger partial charge on any atom is 0.255 e. The summed E-state index contributed by atoms with van der Waals surface area (Å²) < 4.78 is 50.9. The second-order valence-electron chi connectivity index (χ2n) is 8.89. The Kier molecular flexibility index (Phi) is 9.32. The van der Waals surface area contributed by atoms with Gasteiger partial charge in [0.25, 0.3) is 5.91 Å². The van der Waals surface area contributed by atoms with Gasteiger partial charge in [0, 0.05) is 40.6 Å². The van der Waals surface area contributed by atoms with E-state index in [-0.39, 0.29) is 29.4 Å². The number of halogens is 4. The number of anilines is 1. The molecule has 1 N–H and O–H groups in total. The molecular weight excluding hydrogens is 487 g/mol. The Morgan fingerprint density at radius 1 is 1.21 bits per heavy atom. The summed E-state index contributed by atoms with van der Waals surface area (Å²) in [6, 6.07) is 6.32. The molecule has 1 fully saturated rings. The standard InChI is InChI=1S/C25H29ClF3NO3S/c1-13-7-17(8-14(2)33-12-32-4)24(15(13)3)34-22-9-16(5-6-19(22)26)25(31)30-18-10-20(27)23(29)21(28)11-18/h5-6,9-11,13-15,17,24H,7-8,12H2,1-4H3,(H,30,31). The van der Waals surface area contributed by atoms with E-state index in [4.69, 9.17) is 21.1 Å². The van der Waals surface area contributed by atoms with E-state index in [9.17, 15) is 18.0 Å². The number of carbonyl (C=O) groups excluding carboxylic acids is 1. The highest BCUT2D eigenvalue weighted by molar-refractivity contribution is 8.00. The first-order valence-electron chi connectivity index (χ1n) is 11.1. The Labute approximate surface area is 207 Å². The monoisotopic (exact) mass is 515 g/mol. The van der Waals surface area contributed by atoms with Crippen LogP contribution in [0, 0.1) is 35.2 Å². The van der Waals surface area contributed by atoms with Crippen molar-refractivity contribution in [1.82, 2.24) is 0 Å². The van der Waals surface area contributed by atoms with Crippen LogP contribution in [0.1, 0.15) is 44.0 Å². The van der Waals surface area contributed by atoms with E-state index in [1.54, 1.807) is 31.0 Å². The number of nitrogens with one attached hydrogen (secondary N) is 1. The largest absolute Gasteiger partial charge is 0.359 e. The minimum atomic E-state index is -1.58. The molecule has 5 unspecified atom stereocenters. The Morgan fingerprint density at radius 2 is 1.88 bits per heavy atom. The van der Waals surface area contributed by atoms with Gasteiger partial charge in [-0.15, -0.1) is 11.8 Å². The first-order chi connectivity index (χ1) is 16.1. The lowest BCUT2D eigenvalue weighted by molar-refractivity contribution is -0.0714. The number of thioether (sulfide) groups is 1. The summed E-state index contributed by atoms with van der Waals surface area (Å²) in [5.74, 6) is -3.53. The topological polar surface area (TPSA) is 47.6 Å². The van der Waals surface area contributed by atoms with Gasteiger partial charge < -0.3 is 14.8 Å². The summed E-state index contributed by atoms with van der Waals surface area (Å²) in [6.07, 6.45) is 2.00. The van der Waals surface area contributed by atoms with Crippen LogP contribution in [-0.4, -0.2) is 31.2 Å². The van der Waals surface area contributed by atoms with Crippen LogP contribution in [0.15, 0.2) is 35.2 Å². The van der Waals surface area contributed by atoms with Crippen molar-refractivity contribution in [3.63, 3.8) is 0 Å². The van der Waals surface area contributed by atoms with E-state index in [2.05, 4.69) is 19.2 Å². The molecule has 1 aliphatic carbocycles. The lowest BCUT2D eigenvalue weighted by atomic mass is 9.99. The normalized spacial score (nSPS) is 23.2. The van der Waals surface area contributed by atoms with Gasteiger partial charge in [0.05, 0.1) is 11.1 Å². The van der Waals surface area contributed by atoms with E-state index < -0.39 is 23.4 Å². The smallest absolute Gasteiger partial charge is 0.255 e. The molecular formula is C25H29ClF3NO3S. The van der Waals surface area contributed by atoms with Crippen LogP contribution < -0.4 is 5.32 Å². The third kappa shape index (κ3) is 6.47. The van der Waals surface area contributed by atoms with Crippen LogP contribution in [0.2, 0.25) is 5.02 Å². The van der Waals surface area contributed by atoms with Crippen molar-refractivity contribution < 1.29 is 27.4 Å². The molecule has 0 radical (unpaired) electrons. The van der Waals surface area contributed by atoms with E-state index >= 15 is 0 Å². The molecule has 1 amide bonds. The van der Waals surface area contributed by atoms with Gasteiger partial charge in [0.2, 0.25) is 0 Å². The number of rotatable bonds is 9. The predicted molar refractivity (Wildman–Crippen MR) is 129 cm³/mol. The average Bonchev–Trinajstić information content (AvgIpc) is 3.04. The number of hydrogen-bond acceptors (Lipinski definition) is 4. The van der Waals surface area contributed by atoms with Crippen LogP contribution in [0.3, 0.4) is 0 Å². The summed E-state index contributed by atoms with van der Waals surface area (Å²) >= 11 is 8.11. The lowest BCUT2D eigenvalue weighted by Crippen LogP contribution is -2.22. The van der Waals surface area contributed by atoms with Crippen LogP contribution in [0.4, 0.5) is 18.9 Å². The van der Waals surface area contributed by atoms with Gasteiger partial charge in [-0.2, -0.15) is 0 Å². The van der Waals surface area contributed by atoms with Crippen LogP contribution in [-0.2, 0) is 9.47 Å². The fraction of sp³-hybridized carbons (Fsp3) is 0.480. The third-order valence-electron chi connectivity index (χ3n) is 6.36. The first kappa shape index (κ1) is 26.9. The molecule has 0 bridgehead atoms. The molecule has 2 aromatic rings. The van der Waals surface area contributed by atoms with Crippen molar-refractivity contribution in [3.05, 3.63) is 58.4 Å². The molecule has 2 aromatic carbocycles. The quantitative estimate of drug-likeness (QED) is 0.284. The zero-order valence-electron chi connectivity index (χ0n) is 19.5. The molecule has 9 heteroatoms. The maximum absolute atomic E-state index is 13.5. The van der Waals surface area contributed by atoms with Crippen molar-refractivity contribution in [1.29, 1.82) is 0 Å². The van der Waals surface area contributed by atoms with Gasteiger partial charge in [0.15, 0.2) is 17.5 Å². The fourth-order valence-corrected chi connectivity index (χ4v) is 6.22. The summed E-state index contributed by atoms with van der Waals surface area (Å²) in [4.78, 5) is 13.5. The molecule has 1 aliphatic rings. The minimum Gasteiger partial charge on any atom is -0.359 e. The highest BCUT2D eigenvalue weighted by Gasteiger charge is 2.40. The van der Waals surface area contributed by atoms with E-state index in [1.165, 1.54) is 6.07 Å². The molecule has 3 rings (SSSR count). The van der Waals surface area contributed by atoms with Crippen molar-refractivity contribution in [2.24, 2.45) is 17.8 Å². The van der Waals surface area contributed by atoms with Gasteiger partial charge >= 0.3 is 0 Å². The molecule has 0 heterocycles. The molecule has 34 heavy (non-hydrogen) atoms. The van der Waals surface area contributed by atoms with Crippen molar-refractivity contribution in [2.45, 2.75) is 49.9 Å². The Bertz CT molecular complexity index is 1000. The van der Waals surface area contributed by atoms with Gasteiger partial charge in [-0.1, -0.05) is 25.4 Å². The molecule has 5 atom stereocenters. The van der Waals surface area contributed by atoms with Gasteiger partial charge in [-0.25, -0.2) is 13.2 Å². The Hall–Kier alpha value is -1.74. The summed E-state index contributed by atoms with van der Waals surface area (Å²) in [7, 11) is 1.60. The molecule has 0 saturated heterocycles. The summed E-state index contributed by atoms with van der Waals surface area (Å²) in [5.41, 5.74) is 0.109. The predicted octanol–water partition coefficient (Wildman–Crippen LogP) is 7.16. The number of methoxy groups -OCH3 is 1. The lowest BCUT2D eigenvalue weighted by Gasteiger charge is -2.26. The van der Waals surface area contributed by atoms with E-state index in [1.807, 2.05) is 6.92 Å². The van der Waals surface area contributed by atoms with Crippen LogP contribution in [0.5, 0.6) is 0 Å². The summed E-state index contributed by atoms with van der Waals surface area (Å²) in [5, 5.41) is 3.21. The van der Waals surface area contributed by atoms with Crippen LogP contribution in [0.25, 0.3) is 0 Å². The van der Waals surface area contributed by atoms with E-state index in [0.29, 0.717) is 22.8 Å². The van der Waals surface area contributed by atoms with Gasteiger partial charge in [0.1, 0.15) is 6.79 Å². The number of benzene rings is 2. The zero-order chi connectivity index (χ0) is 25.0. The molecule has 0 aliphatic heterocycles. The molecule has 1 saturated carbocycles. The second kappa shape index (κ2) is 11.8. The SMILES string of the molecule is COCOC(C)CC1CC(C)C(C)C1Sc1cc(C(=O)Nc2cc(F)c(F)c(F)c2)ccc1Cl. The molecule has 186 valence electrons. The molecule has 4 nitrogen and oxygen atoms in total. The highest BCUT2D eigenvalue weighted by Crippen LogP contribution is 2.49. The number of carbonyl (C=O) groups is 1.